The number of nitrogens with zero attached hydrogens (tertiary/aromatic N) is 1. The smallest absolute Gasteiger partial charge is 0.860 e. The van der Waals surface area contributed by atoms with Gasteiger partial charge in [-0.25, -0.2) is 0 Å². The number of allylic oxidation sites excluding steroid dienone is 2. The van der Waals surface area contributed by atoms with Crippen molar-refractivity contribution in [3.8, 4) is 0 Å². The summed E-state index contributed by atoms with van der Waals surface area (Å²) in [6.45, 7) is 10.9. The standard InChI is InChI=1S/C9H17NO.Li/c1-5-10(6-2)9(11)7-8(3)4;/h7,11H,3,5-6H2,1-2,4H3;/q;+1/p-1/b9-7+;. The van der Waals surface area contributed by atoms with Crippen LogP contribution in [0.2, 0.25) is 0 Å². The Morgan fingerprint density at radius 3 is 2.08 bits per heavy atom. The molecule has 0 aliphatic rings. The Hall–Kier alpha value is -0.323. The normalized spacial score (nSPS) is 10.4. The molecular formula is C9H16LiNO. The minimum Gasteiger partial charge on any atom is -0.860 e. The summed E-state index contributed by atoms with van der Waals surface area (Å²) in [6.07, 6.45) is 1.56. The Labute approximate surface area is 87.1 Å². The minimum atomic E-state index is 0. The Bertz CT molecular complexity index is 162. The summed E-state index contributed by atoms with van der Waals surface area (Å²) in [5, 5.41) is 11.2. The first-order chi connectivity index (χ1) is 5.11. The van der Waals surface area contributed by atoms with Crippen molar-refractivity contribution in [3.05, 3.63) is 24.1 Å². The topological polar surface area (TPSA) is 26.3 Å². The van der Waals surface area contributed by atoms with E-state index < -0.39 is 0 Å². The Balaban J connectivity index is 0. The molecule has 0 amide bonds. The molecule has 0 fully saturated rings. The first kappa shape index (κ1) is 14.2. The molecule has 0 aliphatic heterocycles. The van der Waals surface area contributed by atoms with Crippen molar-refractivity contribution in [2.24, 2.45) is 0 Å². The average molecular weight is 161 g/mol. The number of hydrogen-bond acceptors (Lipinski definition) is 2. The maximum atomic E-state index is 11.2. The van der Waals surface area contributed by atoms with Gasteiger partial charge in [0.25, 0.3) is 0 Å². The molecular weight excluding hydrogens is 145 g/mol. The second-order valence-electron chi connectivity index (χ2n) is 2.50. The minimum absolute atomic E-state index is 0. The van der Waals surface area contributed by atoms with Crippen LogP contribution in [0.4, 0.5) is 0 Å². The van der Waals surface area contributed by atoms with Gasteiger partial charge in [-0.2, -0.15) is 0 Å². The fraction of sp³-hybridized carbons (Fsp3) is 0.556. The van der Waals surface area contributed by atoms with E-state index in [1.165, 1.54) is 0 Å². The van der Waals surface area contributed by atoms with Gasteiger partial charge in [-0.3, -0.25) is 0 Å². The van der Waals surface area contributed by atoms with Gasteiger partial charge in [0.15, 0.2) is 0 Å². The van der Waals surface area contributed by atoms with Gasteiger partial charge in [-0.1, -0.05) is 18.2 Å². The first-order valence-electron chi connectivity index (χ1n) is 3.91. The molecule has 0 rings (SSSR count). The van der Waals surface area contributed by atoms with Crippen LogP contribution in [0.3, 0.4) is 0 Å². The van der Waals surface area contributed by atoms with Crippen LogP contribution in [0, 0.1) is 0 Å². The van der Waals surface area contributed by atoms with Gasteiger partial charge in [-0.05, 0) is 26.7 Å². The van der Waals surface area contributed by atoms with Crippen LogP contribution in [0.1, 0.15) is 20.8 Å². The molecule has 12 heavy (non-hydrogen) atoms. The largest absolute Gasteiger partial charge is 1.00 e. The summed E-state index contributed by atoms with van der Waals surface area (Å²) in [4.78, 5) is 1.76. The van der Waals surface area contributed by atoms with E-state index in [-0.39, 0.29) is 24.7 Å². The molecule has 0 aromatic rings. The fourth-order valence-electron chi connectivity index (χ4n) is 0.837. The summed E-state index contributed by atoms with van der Waals surface area (Å²) in [6, 6.07) is 0. The zero-order valence-corrected chi connectivity index (χ0v) is 8.55. The van der Waals surface area contributed by atoms with Gasteiger partial charge < -0.3 is 10.0 Å². The molecule has 0 aromatic carbocycles. The van der Waals surface area contributed by atoms with Crippen molar-refractivity contribution >= 4 is 0 Å². The van der Waals surface area contributed by atoms with Crippen LogP contribution >= 0.6 is 0 Å². The summed E-state index contributed by atoms with van der Waals surface area (Å²) in [5.74, 6) is 0.0579. The molecule has 0 saturated carbocycles. The number of rotatable bonds is 4. The quantitative estimate of drug-likeness (QED) is 0.274. The van der Waals surface area contributed by atoms with E-state index in [0.29, 0.717) is 0 Å². The molecule has 3 heteroatoms. The Morgan fingerprint density at radius 2 is 1.83 bits per heavy atom. The van der Waals surface area contributed by atoms with E-state index in [4.69, 9.17) is 0 Å². The van der Waals surface area contributed by atoms with Gasteiger partial charge in [0.05, 0.1) is 0 Å². The summed E-state index contributed by atoms with van der Waals surface area (Å²) in [7, 11) is 0. The van der Waals surface area contributed by atoms with E-state index in [9.17, 15) is 5.11 Å². The van der Waals surface area contributed by atoms with Crippen molar-refractivity contribution in [2.45, 2.75) is 20.8 Å². The van der Waals surface area contributed by atoms with Gasteiger partial charge >= 0.3 is 18.9 Å². The zero-order chi connectivity index (χ0) is 8.85. The van der Waals surface area contributed by atoms with Crippen LogP contribution in [-0.2, 0) is 0 Å². The molecule has 0 bridgehead atoms. The molecule has 0 atom stereocenters. The molecule has 64 valence electrons. The molecule has 0 heterocycles. The maximum Gasteiger partial charge on any atom is 1.00 e. The van der Waals surface area contributed by atoms with E-state index in [2.05, 4.69) is 6.58 Å². The molecule has 0 radical (unpaired) electrons. The summed E-state index contributed by atoms with van der Waals surface area (Å²) >= 11 is 0. The van der Waals surface area contributed by atoms with Crippen molar-refractivity contribution < 1.29 is 24.0 Å². The summed E-state index contributed by atoms with van der Waals surface area (Å²) < 4.78 is 0. The van der Waals surface area contributed by atoms with Crippen molar-refractivity contribution in [1.82, 2.24) is 4.90 Å². The molecule has 0 saturated heterocycles. The Kier molecular flexibility index (Phi) is 8.69. The predicted octanol–water partition coefficient (Wildman–Crippen LogP) is -1.89. The average Bonchev–Trinajstić information content (AvgIpc) is 1.88. The first-order valence-corrected chi connectivity index (χ1v) is 3.91. The van der Waals surface area contributed by atoms with Crippen LogP contribution < -0.4 is 24.0 Å². The number of hydrogen-bond donors (Lipinski definition) is 0. The summed E-state index contributed by atoms with van der Waals surface area (Å²) in [5.41, 5.74) is 0.807. The molecule has 0 aliphatic carbocycles. The molecule has 0 aromatic heterocycles. The maximum absolute atomic E-state index is 11.2. The fourth-order valence-corrected chi connectivity index (χ4v) is 0.837. The van der Waals surface area contributed by atoms with E-state index in [0.717, 1.165) is 18.7 Å². The van der Waals surface area contributed by atoms with Crippen LogP contribution in [0.25, 0.3) is 0 Å². The van der Waals surface area contributed by atoms with E-state index in [1.54, 1.807) is 11.0 Å². The van der Waals surface area contributed by atoms with E-state index >= 15 is 0 Å². The monoisotopic (exact) mass is 161 g/mol. The third-order valence-corrected chi connectivity index (χ3v) is 1.44. The second-order valence-corrected chi connectivity index (χ2v) is 2.50. The van der Waals surface area contributed by atoms with Gasteiger partial charge in [0, 0.05) is 13.1 Å². The van der Waals surface area contributed by atoms with Crippen molar-refractivity contribution in [1.29, 1.82) is 0 Å². The molecule has 0 spiro atoms. The molecule has 2 nitrogen and oxygen atoms in total. The third kappa shape index (κ3) is 5.34. The zero-order valence-electron chi connectivity index (χ0n) is 8.55. The van der Waals surface area contributed by atoms with Crippen LogP contribution in [-0.4, -0.2) is 18.0 Å². The van der Waals surface area contributed by atoms with Gasteiger partial charge in [0.2, 0.25) is 0 Å². The van der Waals surface area contributed by atoms with E-state index in [1.807, 2.05) is 20.8 Å². The third-order valence-electron chi connectivity index (χ3n) is 1.44. The van der Waals surface area contributed by atoms with Crippen molar-refractivity contribution in [2.75, 3.05) is 13.1 Å². The molecule has 0 unspecified atom stereocenters. The van der Waals surface area contributed by atoms with Gasteiger partial charge in [-0.15, -0.1) is 0 Å². The van der Waals surface area contributed by atoms with Crippen LogP contribution in [0.15, 0.2) is 24.1 Å². The molecule has 0 N–H and O–H groups in total. The van der Waals surface area contributed by atoms with Crippen LogP contribution in [0.5, 0.6) is 0 Å². The SMILES string of the molecule is C=C(C)/C=C(/[O-])N(CC)CC.[Li+]. The van der Waals surface area contributed by atoms with Gasteiger partial charge in [0.1, 0.15) is 0 Å². The van der Waals surface area contributed by atoms with Crippen molar-refractivity contribution in [3.63, 3.8) is 0 Å². The second kappa shape index (κ2) is 7.33. The predicted molar refractivity (Wildman–Crippen MR) is 45.8 cm³/mol. The Morgan fingerprint density at radius 1 is 1.42 bits per heavy atom.